The lowest BCUT2D eigenvalue weighted by Gasteiger charge is -2.20. The summed E-state index contributed by atoms with van der Waals surface area (Å²) in [5.74, 6) is 0.0643. The standard InChI is InChI=1S/C8H13FN3O11P3S/c9-4-3-6(20-7(4)12-2-1-5(10)11-8(12)27)21-25(16,17)23-26(18,19)22-24(13,14)15/h1-2,4,6-7H,3H2,(H,16,17)(H,18,19)(H2,10,11,27)(H2,13,14,15)/t4-,6+,7?/m0/s1. The summed E-state index contributed by atoms with van der Waals surface area (Å²) in [6.07, 6.45) is -4.30. The van der Waals surface area contributed by atoms with E-state index in [0.717, 1.165) is 4.57 Å². The number of ether oxygens (including phenoxy) is 1. The molecule has 1 aliphatic rings. The van der Waals surface area contributed by atoms with Gasteiger partial charge in [0.15, 0.2) is 18.7 Å². The van der Waals surface area contributed by atoms with Crippen LogP contribution < -0.4 is 5.73 Å². The van der Waals surface area contributed by atoms with Crippen LogP contribution in [0.1, 0.15) is 12.6 Å². The number of nitrogen functional groups attached to an aromatic ring is 1. The SMILES string of the molecule is Nc1ccn(C2O[C@H](OP(=O)(O)OP(=O)(O)OP(=O)(O)O)C[C@@H]2F)c(=S)n1. The average molecular weight is 471 g/mol. The Kier molecular flexibility index (Phi) is 6.75. The van der Waals surface area contributed by atoms with Gasteiger partial charge in [-0.15, -0.1) is 0 Å². The van der Waals surface area contributed by atoms with Gasteiger partial charge in [-0.25, -0.2) is 23.1 Å². The first kappa shape index (κ1) is 22.7. The van der Waals surface area contributed by atoms with Gasteiger partial charge in [-0.1, -0.05) is 0 Å². The molecule has 1 aromatic rings. The Hall–Kier alpha value is -0.600. The van der Waals surface area contributed by atoms with Gasteiger partial charge in [0.1, 0.15) is 5.82 Å². The van der Waals surface area contributed by atoms with Gasteiger partial charge in [0.05, 0.1) is 0 Å². The van der Waals surface area contributed by atoms with Crippen molar-refractivity contribution < 1.29 is 55.5 Å². The quantitative estimate of drug-likeness (QED) is 0.279. The number of hydrogen-bond acceptors (Lipinski definition) is 10. The number of nitrogens with two attached hydrogens (primary N) is 1. The van der Waals surface area contributed by atoms with Crippen LogP contribution in [0.25, 0.3) is 0 Å². The molecule has 1 saturated heterocycles. The molecule has 2 heterocycles. The molecule has 0 bridgehead atoms. The Bertz CT molecular complexity index is 907. The second-order valence-corrected chi connectivity index (χ2v) is 9.68. The number of alkyl halides is 1. The lowest BCUT2D eigenvalue weighted by Crippen LogP contribution is -2.18. The molecule has 1 aliphatic heterocycles. The summed E-state index contributed by atoms with van der Waals surface area (Å²) in [7, 11) is -16.7. The van der Waals surface area contributed by atoms with E-state index < -0.39 is 48.6 Å². The van der Waals surface area contributed by atoms with E-state index >= 15 is 0 Å². The zero-order valence-electron chi connectivity index (χ0n) is 12.8. The molecule has 3 unspecified atom stereocenters. The predicted molar refractivity (Wildman–Crippen MR) is 85.8 cm³/mol. The first-order chi connectivity index (χ1) is 12.2. The van der Waals surface area contributed by atoms with Crippen LogP contribution in [-0.4, -0.2) is 41.6 Å². The van der Waals surface area contributed by atoms with E-state index in [0.29, 0.717) is 0 Å². The van der Waals surface area contributed by atoms with Gasteiger partial charge in [-0.05, 0) is 18.3 Å². The summed E-state index contributed by atoms with van der Waals surface area (Å²) in [6, 6.07) is 1.29. The molecular weight excluding hydrogens is 458 g/mol. The third-order valence-corrected chi connectivity index (χ3v) is 6.94. The third kappa shape index (κ3) is 6.75. The minimum atomic E-state index is -5.69. The summed E-state index contributed by atoms with van der Waals surface area (Å²) in [6.45, 7) is 0. The van der Waals surface area contributed by atoms with Gasteiger partial charge in [0.25, 0.3) is 0 Å². The number of phosphoric ester groups is 1. The molecule has 0 amide bonds. The molecule has 14 nitrogen and oxygen atoms in total. The van der Waals surface area contributed by atoms with Crippen LogP contribution in [0.5, 0.6) is 0 Å². The van der Waals surface area contributed by atoms with E-state index in [2.05, 4.69) is 18.1 Å². The Balaban J connectivity index is 2.07. The van der Waals surface area contributed by atoms with Crippen molar-refractivity contribution >= 4 is 41.5 Å². The maximum absolute atomic E-state index is 14.2. The maximum Gasteiger partial charge on any atom is 0.490 e. The summed E-state index contributed by atoms with van der Waals surface area (Å²) in [5.41, 5.74) is 5.42. The van der Waals surface area contributed by atoms with E-state index in [1.165, 1.54) is 12.3 Å². The van der Waals surface area contributed by atoms with E-state index in [4.69, 9.17) is 37.4 Å². The molecule has 0 aromatic carbocycles. The Labute approximate surface area is 155 Å². The topological polar surface area (TPSA) is 213 Å². The second kappa shape index (κ2) is 8.03. The molecule has 2 rings (SSSR count). The number of anilines is 1. The fourth-order valence-corrected chi connectivity index (χ4v) is 5.33. The number of aromatic nitrogens is 2. The Morgan fingerprint density at radius 1 is 1.26 bits per heavy atom. The molecule has 0 saturated carbocycles. The van der Waals surface area contributed by atoms with Crippen molar-refractivity contribution in [2.75, 3.05) is 5.73 Å². The molecular formula is C8H13FN3O11P3S. The molecule has 5 atom stereocenters. The fourth-order valence-electron chi connectivity index (χ4n) is 1.97. The molecule has 1 aromatic heterocycles. The highest BCUT2D eigenvalue weighted by molar-refractivity contribution is 7.71. The first-order valence-electron chi connectivity index (χ1n) is 6.64. The van der Waals surface area contributed by atoms with Gasteiger partial charge in [0, 0.05) is 12.6 Å². The van der Waals surface area contributed by atoms with E-state index in [1.807, 2.05) is 0 Å². The predicted octanol–water partition coefficient (Wildman–Crippen LogP) is 1.12. The molecule has 19 heteroatoms. The summed E-state index contributed by atoms with van der Waals surface area (Å²) >= 11 is 4.89. The van der Waals surface area contributed by atoms with Crippen molar-refractivity contribution in [2.24, 2.45) is 0 Å². The molecule has 0 aliphatic carbocycles. The molecule has 154 valence electrons. The van der Waals surface area contributed by atoms with Crippen LogP contribution in [0.3, 0.4) is 0 Å². The van der Waals surface area contributed by atoms with Crippen molar-refractivity contribution in [3.05, 3.63) is 17.0 Å². The number of rotatable bonds is 7. The molecule has 6 N–H and O–H groups in total. The van der Waals surface area contributed by atoms with Crippen molar-refractivity contribution in [3.63, 3.8) is 0 Å². The van der Waals surface area contributed by atoms with Crippen molar-refractivity contribution in [2.45, 2.75) is 25.1 Å². The van der Waals surface area contributed by atoms with Crippen LogP contribution in [0.4, 0.5) is 10.2 Å². The Morgan fingerprint density at radius 2 is 1.89 bits per heavy atom. The molecule has 27 heavy (non-hydrogen) atoms. The third-order valence-electron chi connectivity index (χ3n) is 2.81. The monoisotopic (exact) mass is 471 g/mol. The van der Waals surface area contributed by atoms with Crippen molar-refractivity contribution in [1.82, 2.24) is 9.55 Å². The van der Waals surface area contributed by atoms with Crippen LogP contribution in [0, 0.1) is 4.77 Å². The molecule has 0 radical (unpaired) electrons. The number of halogens is 1. The second-order valence-electron chi connectivity index (χ2n) is 4.95. The highest BCUT2D eigenvalue weighted by atomic mass is 32.1. The summed E-state index contributed by atoms with van der Waals surface area (Å²) in [4.78, 5) is 39.1. The zero-order valence-corrected chi connectivity index (χ0v) is 16.3. The number of hydrogen-bond donors (Lipinski definition) is 5. The van der Waals surface area contributed by atoms with Crippen molar-refractivity contribution in [3.8, 4) is 0 Å². The normalized spacial score (nSPS) is 27.8. The molecule has 0 spiro atoms. The van der Waals surface area contributed by atoms with Crippen LogP contribution in [0.15, 0.2) is 12.3 Å². The van der Waals surface area contributed by atoms with Gasteiger partial charge in [0.2, 0.25) is 4.77 Å². The van der Waals surface area contributed by atoms with Gasteiger partial charge < -0.3 is 30.0 Å². The van der Waals surface area contributed by atoms with Gasteiger partial charge in [-0.2, -0.15) is 8.62 Å². The van der Waals surface area contributed by atoms with Gasteiger partial charge >= 0.3 is 23.5 Å². The summed E-state index contributed by atoms with van der Waals surface area (Å²) in [5, 5.41) is 0. The average Bonchev–Trinajstić information content (AvgIpc) is 2.73. The lowest BCUT2D eigenvalue weighted by molar-refractivity contribution is -0.112. The first-order valence-corrected chi connectivity index (χ1v) is 11.6. The van der Waals surface area contributed by atoms with Gasteiger partial charge in [-0.3, -0.25) is 9.09 Å². The summed E-state index contributed by atoms with van der Waals surface area (Å²) < 4.78 is 65.1. The zero-order chi connectivity index (χ0) is 20.6. The van der Waals surface area contributed by atoms with Crippen molar-refractivity contribution in [1.29, 1.82) is 0 Å². The van der Waals surface area contributed by atoms with Crippen LogP contribution >= 0.6 is 35.7 Å². The highest BCUT2D eigenvalue weighted by Gasteiger charge is 2.45. The van der Waals surface area contributed by atoms with E-state index in [-0.39, 0.29) is 10.6 Å². The number of nitrogens with zero attached hydrogens (tertiary/aromatic N) is 2. The lowest BCUT2D eigenvalue weighted by atomic mass is 10.3. The minimum Gasteiger partial charge on any atom is -0.384 e. The maximum atomic E-state index is 14.2. The fraction of sp³-hybridized carbons (Fsp3) is 0.500. The molecule has 1 fully saturated rings. The minimum absolute atomic E-state index is 0.0643. The van der Waals surface area contributed by atoms with Crippen LogP contribution in [0.2, 0.25) is 0 Å². The smallest absolute Gasteiger partial charge is 0.384 e. The number of phosphoric acid groups is 3. The Morgan fingerprint density at radius 3 is 2.44 bits per heavy atom. The largest absolute Gasteiger partial charge is 0.490 e. The van der Waals surface area contributed by atoms with E-state index in [9.17, 15) is 23.0 Å². The highest BCUT2D eigenvalue weighted by Crippen LogP contribution is 2.66. The van der Waals surface area contributed by atoms with Crippen LogP contribution in [-0.2, 0) is 31.6 Å². The van der Waals surface area contributed by atoms with E-state index in [1.54, 1.807) is 0 Å².